The van der Waals surface area contributed by atoms with Crippen molar-refractivity contribution in [3.8, 4) is 0 Å². The van der Waals surface area contributed by atoms with Crippen LogP contribution in [0.15, 0.2) is 0 Å². The van der Waals surface area contributed by atoms with Gasteiger partial charge >= 0.3 is 5.97 Å². The lowest BCUT2D eigenvalue weighted by Gasteiger charge is -2.40. The van der Waals surface area contributed by atoms with Crippen LogP contribution in [0.1, 0.15) is 40.0 Å². The van der Waals surface area contributed by atoms with Crippen LogP contribution in [0.2, 0.25) is 0 Å². The lowest BCUT2D eigenvalue weighted by Crippen LogP contribution is -2.61. The average molecular weight is 285 g/mol. The first-order valence-corrected chi connectivity index (χ1v) is 7.36. The van der Waals surface area contributed by atoms with Crippen LogP contribution in [0.25, 0.3) is 0 Å². The number of carbonyl (C=O) groups excluding carboxylic acids is 1. The van der Waals surface area contributed by atoms with Gasteiger partial charge < -0.3 is 15.7 Å². The molecule has 1 heterocycles. The maximum Gasteiger partial charge on any atom is 0.305 e. The highest BCUT2D eigenvalue weighted by Crippen LogP contribution is 2.16. The highest BCUT2D eigenvalue weighted by atomic mass is 16.4. The van der Waals surface area contributed by atoms with Gasteiger partial charge in [-0.2, -0.15) is 0 Å². The molecule has 0 aromatic heterocycles. The minimum absolute atomic E-state index is 0.0167. The van der Waals surface area contributed by atoms with Crippen LogP contribution in [0, 0.1) is 0 Å². The van der Waals surface area contributed by atoms with Crippen LogP contribution >= 0.6 is 0 Å². The molecule has 1 aliphatic heterocycles. The van der Waals surface area contributed by atoms with Crippen molar-refractivity contribution < 1.29 is 14.7 Å². The molecule has 6 nitrogen and oxygen atoms in total. The molecule has 0 radical (unpaired) electrons. The highest BCUT2D eigenvalue weighted by molar-refractivity contribution is 5.86. The standard InChI is InChI=1S/C14H27N3O3/c1-4-5-11(10-12(18)19)16-13(20)14(2,3)17-8-6-15-7-9-17/h11,15H,4-10H2,1-3H3,(H,16,20)(H,18,19). The summed E-state index contributed by atoms with van der Waals surface area (Å²) in [6.07, 6.45) is 1.53. The Hall–Kier alpha value is -1.14. The molecular formula is C14H27N3O3. The van der Waals surface area contributed by atoms with Crippen LogP contribution in [0.3, 0.4) is 0 Å². The molecule has 0 aromatic rings. The molecule has 1 unspecified atom stereocenters. The second-order valence-corrected chi connectivity index (χ2v) is 5.85. The number of rotatable bonds is 7. The van der Waals surface area contributed by atoms with Gasteiger partial charge in [0.05, 0.1) is 12.0 Å². The highest BCUT2D eigenvalue weighted by Gasteiger charge is 2.36. The molecule has 1 atom stereocenters. The van der Waals surface area contributed by atoms with Crippen molar-refractivity contribution in [1.29, 1.82) is 0 Å². The van der Waals surface area contributed by atoms with Crippen LogP contribution < -0.4 is 10.6 Å². The predicted molar refractivity (Wildman–Crippen MR) is 77.6 cm³/mol. The van der Waals surface area contributed by atoms with Gasteiger partial charge in [0, 0.05) is 32.2 Å². The SMILES string of the molecule is CCCC(CC(=O)O)NC(=O)C(C)(C)N1CCNCC1. The molecule has 1 amide bonds. The summed E-state index contributed by atoms with van der Waals surface area (Å²) in [4.78, 5) is 25.5. The van der Waals surface area contributed by atoms with Crippen molar-refractivity contribution in [2.75, 3.05) is 26.2 Å². The van der Waals surface area contributed by atoms with E-state index in [9.17, 15) is 9.59 Å². The van der Waals surface area contributed by atoms with Crippen molar-refractivity contribution in [2.24, 2.45) is 0 Å². The first-order chi connectivity index (χ1) is 9.37. The summed E-state index contributed by atoms with van der Waals surface area (Å²) in [5, 5.41) is 15.1. The summed E-state index contributed by atoms with van der Waals surface area (Å²) in [6, 6.07) is -0.285. The van der Waals surface area contributed by atoms with E-state index in [2.05, 4.69) is 15.5 Å². The van der Waals surface area contributed by atoms with E-state index in [0.717, 1.165) is 32.6 Å². The summed E-state index contributed by atoms with van der Waals surface area (Å²) in [5.41, 5.74) is -0.605. The molecule has 0 aromatic carbocycles. The van der Waals surface area contributed by atoms with E-state index in [0.29, 0.717) is 6.42 Å². The Bertz CT molecular complexity index is 339. The van der Waals surface area contributed by atoms with E-state index in [4.69, 9.17) is 5.11 Å². The lowest BCUT2D eigenvalue weighted by molar-refractivity contribution is -0.138. The Kier molecular flexibility index (Phi) is 6.42. The third-order valence-electron chi connectivity index (χ3n) is 3.86. The number of hydrogen-bond acceptors (Lipinski definition) is 4. The van der Waals surface area contributed by atoms with Gasteiger partial charge in [0.2, 0.25) is 5.91 Å². The number of aliphatic carboxylic acids is 1. The van der Waals surface area contributed by atoms with Crippen molar-refractivity contribution in [3.05, 3.63) is 0 Å². The molecular weight excluding hydrogens is 258 g/mol. The molecule has 0 saturated carbocycles. The Balaban J connectivity index is 2.63. The summed E-state index contributed by atoms with van der Waals surface area (Å²) in [6.45, 7) is 9.21. The first kappa shape index (κ1) is 16.9. The van der Waals surface area contributed by atoms with Gasteiger partial charge in [-0.25, -0.2) is 0 Å². The van der Waals surface area contributed by atoms with Crippen molar-refractivity contribution in [1.82, 2.24) is 15.5 Å². The summed E-state index contributed by atoms with van der Waals surface area (Å²) >= 11 is 0. The largest absolute Gasteiger partial charge is 0.481 e. The molecule has 1 saturated heterocycles. The molecule has 116 valence electrons. The maximum absolute atomic E-state index is 12.5. The van der Waals surface area contributed by atoms with E-state index >= 15 is 0 Å². The number of nitrogens with zero attached hydrogens (tertiary/aromatic N) is 1. The fourth-order valence-electron chi connectivity index (χ4n) is 2.51. The molecule has 20 heavy (non-hydrogen) atoms. The number of carboxylic acid groups (broad SMARTS) is 1. The molecule has 1 fully saturated rings. The van der Waals surface area contributed by atoms with Gasteiger partial charge in [0.25, 0.3) is 0 Å². The molecule has 1 aliphatic rings. The zero-order valence-electron chi connectivity index (χ0n) is 12.7. The molecule has 0 spiro atoms. The Labute approximate surface area is 120 Å². The van der Waals surface area contributed by atoms with E-state index in [-0.39, 0.29) is 18.4 Å². The Morgan fingerprint density at radius 3 is 2.45 bits per heavy atom. The zero-order valence-corrected chi connectivity index (χ0v) is 12.7. The van der Waals surface area contributed by atoms with E-state index in [1.54, 1.807) is 0 Å². The normalized spacial score (nSPS) is 18.6. The van der Waals surface area contributed by atoms with Crippen molar-refractivity contribution in [2.45, 2.75) is 51.6 Å². The van der Waals surface area contributed by atoms with Gasteiger partial charge in [0.15, 0.2) is 0 Å². The van der Waals surface area contributed by atoms with Gasteiger partial charge in [-0.1, -0.05) is 13.3 Å². The Morgan fingerprint density at radius 2 is 1.95 bits per heavy atom. The number of piperazine rings is 1. The quantitative estimate of drug-likeness (QED) is 0.632. The van der Waals surface area contributed by atoms with Gasteiger partial charge in [-0.05, 0) is 20.3 Å². The number of carboxylic acids is 1. The third-order valence-corrected chi connectivity index (χ3v) is 3.86. The average Bonchev–Trinajstić information content (AvgIpc) is 2.39. The number of nitrogens with one attached hydrogen (secondary N) is 2. The monoisotopic (exact) mass is 285 g/mol. The smallest absolute Gasteiger partial charge is 0.305 e. The minimum atomic E-state index is -0.872. The molecule has 0 bridgehead atoms. The summed E-state index contributed by atoms with van der Waals surface area (Å²) in [7, 11) is 0. The molecule has 6 heteroatoms. The van der Waals surface area contributed by atoms with Crippen LogP contribution in [0.5, 0.6) is 0 Å². The van der Waals surface area contributed by atoms with Gasteiger partial charge in [-0.15, -0.1) is 0 Å². The van der Waals surface area contributed by atoms with Crippen molar-refractivity contribution in [3.63, 3.8) is 0 Å². The van der Waals surface area contributed by atoms with E-state index < -0.39 is 11.5 Å². The summed E-state index contributed by atoms with van der Waals surface area (Å²) < 4.78 is 0. The van der Waals surface area contributed by atoms with E-state index in [1.807, 2.05) is 20.8 Å². The first-order valence-electron chi connectivity index (χ1n) is 7.36. The Morgan fingerprint density at radius 1 is 1.35 bits per heavy atom. The number of hydrogen-bond donors (Lipinski definition) is 3. The number of carbonyl (C=O) groups is 2. The van der Waals surface area contributed by atoms with E-state index in [1.165, 1.54) is 0 Å². The van der Waals surface area contributed by atoms with Crippen molar-refractivity contribution >= 4 is 11.9 Å². The second kappa shape index (κ2) is 7.59. The molecule has 0 aliphatic carbocycles. The van der Waals surface area contributed by atoms with Crippen LogP contribution in [-0.2, 0) is 9.59 Å². The lowest BCUT2D eigenvalue weighted by atomic mass is 9.98. The van der Waals surface area contributed by atoms with Gasteiger partial charge in [-0.3, -0.25) is 14.5 Å². The summed E-state index contributed by atoms with van der Waals surface area (Å²) in [5.74, 6) is -0.956. The topological polar surface area (TPSA) is 81.7 Å². The molecule has 1 rings (SSSR count). The zero-order chi connectivity index (χ0) is 15.2. The number of amides is 1. The van der Waals surface area contributed by atoms with Gasteiger partial charge in [0.1, 0.15) is 0 Å². The fourth-order valence-corrected chi connectivity index (χ4v) is 2.51. The van der Waals surface area contributed by atoms with Crippen LogP contribution in [-0.4, -0.2) is 59.6 Å². The van der Waals surface area contributed by atoms with Crippen LogP contribution in [0.4, 0.5) is 0 Å². The second-order valence-electron chi connectivity index (χ2n) is 5.85. The third kappa shape index (κ3) is 4.76. The maximum atomic E-state index is 12.5. The predicted octanol–water partition coefficient (Wildman–Crippen LogP) is 0.430. The fraction of sp³-hybridized carbons (Fsp3) is 0.857. The molecule has 3 N–H and O–H groups in total. The minimum Gasteiger partial charge on any atom is -0.481 e.